The second-order valence-electron chi connectivity index (χ2n) is 6.17. The van der Waals surface area contributed by atoms with E-state index in [1.54, 1.807) is 0 Å². The highest BCUT2D eigenvalue weighted by atomic mass is 16.5. The van der Waals surface area contributed by atoms with E-state index in [4.69, 9.17) is 4.74 Å². The largest absolute Gasteiger partial charge is 0.494 e. The zero-order valence-corrected chi connectivity index (χ0v) is 13.7. The van der Waals surface area contributed by atoms with Crippen LogP contribution < -0.4 is 10.1 Å². The maximum Gasteiger partial charge on any atom is 0.119 e. The van der Waals surface area contributed by atoms with Crippen LogP contribution in [0.15, 0.2) is 24.3 Å². The topological polar surface area (TPSA) is 21.3 Å². The molecule has 21 heavy (non-hydrogen) atoms. The van der Waals surface area contributed by atoms with Crippen LogP contribution in [0.2, 0.25) is 0 Å². The number of rotatable bonds is 7. The van der Waals surface area contributed by atoms with Crippen molar-refractivity contribution in [1.82, 2.24) is 5.32 Å². The number of ether oxygens (including phenoxy) is 1. The first-order chi connectivity index (χ1) is 10.3. The minimum absolute atomic E-state index is 0.652. The van der Waals surface area contributed by atoms with Gasteiger partial charge in [0, 0.05) is 6.54 Å². The molecule has 0 heterocycles. The molecule has 1 aromatic carbocycles. The highest BCUT2D eigenvalue weighted by Gasteiger charge is 2.23. The molecule has 1 saturated carbocycles. The van der Waals surface area contributed by atoms with Crippen LogP contribution in [0.1, 0.15) is 63.9 Å². The van der Waals surface area contributed by atoms with E-state index < -0.39 is 0 Å². The summed E-state index contributed by atoms with van der Waals surface area (Å²) in [7, 11) is 0. The molecule has 0 radical (unpaired) electrons. The Hall–Kier alpha value is -1.02. The summed E-state index contributed by atoms with van der Waals surface area (Å²) in [4.78, 5) is 0. The fourth-order valence-electron chi connectivity index (χ4n) is 3.55. The summed E-state index contributed by atoms with van der Waals surface area (Å²) in [6, 6.07) is 8.82. The molecule has 118 valence electrons. The van der Waals surface area contributed by atoms with Gasteiger partial charge in [0.2, 0.25) is 0 Å². The molecule has 2 rings (SSSR count). The summed E-state index contributed by atoms with van der Waals surface area (Å²) in [6.07, 6.45) is 8.45. The minimum Gasteiger partial charge on any atom is -0.494 e. The van der Waals surface area contributed by atoms with Gasteiger partial charge < -0.3 is 10.1 Å². The normalized spacial score (nSPS) is 18.2. The average molecular weight is 289 g/mol. The Kier molecular flexibility index (Phi) is 7.08. The fourth-order valence-corrected chi connectivity index (χ4v) is 3.55. The van der Waals surface area contributed by atoms with Gasteiger partial charge in [0.15, 0.2) is 0 Å². The van der Waals surface area contributed by atoms with E-state index in [0.717, 1.165) is 31.4 Å². The Morgan fingerprint density at radius 3 is 2.29 bits per heavy atom. The lowest BCUT2D eigenvalue weighted by Gasteiger charge is -2.27. The molecule has 0 spiro atoms. The first kappa shape index (κ1) is 16.4. The third kappa shape index (κ3) is 5.03. The van der Waals surface area contributed by atoms with Gasteiger partial charge in [-0.05, 0) is 55.8 Å². The monoisotopic (exact) mass is 289 g/mol. The standard InChI is InChI=1S/C19H31NO/c1-3-20-15-19(16-9-7-5-6-8-10-16)17-11-13-18(14-12-17)21-4-2/h11-14,16,19-20H,3-10,15H2,1-2H3. The molecule has 1 N–H and O–H groups in total. The van der Waals surface area contributed by atoms with Crippen LogP contribution in [-0.4, -0.2) is 19.7 Å². The molecule has 1 atom stereocenters. The van der Waals surface area contributed by atoms with Gasteiger partial charge in [-0.3, -0.25) is 0 Å². The molecule has 2 nitrogen and oxygen atoms in total. The molecular weight excluding hydrogens is 258 g/mol. The summed E-state index contributed by atoms with van der Waals surface area (Å²) in [5, 5.41) is 3.57. The Morgan fingerprint density at radius 2 is 1.71 bits per heavy atom. The Labute approximate surface area is 130 Å². The van der Waals surface area contributed by atoms with Crippen molar-refractivity contribution in [2.75, 3.05) is 19.7 Å². The average Bonchev–Trinajstić information content (AvgIpc) is 2.79. The summed E-state index contributed by atoms with van der Waals surface area (Å²) in [5.74, 6) is 2.48. The van der Waals surface area contributed by atoms with Crippen LogP contribution in [0.25, 0.3) is 0 Å². The third-order valence-corrected chi connectivity index (χ3v) is 4.70. The van der Waals surface area contributed by atoms with Crippen LogP contribution >= 0.6 is 0 Å². The molecule has 0 saturated heterocycles. The van der Waals surface area contributed by atoms with Gasteiger partial charge in [-0.1, -0.05) is 44.7 Å². The summed E-state index contributed by atoms with van der Waals surface area (Å²) in [6.45, 7) is 7.13. The predicted molar refractivity (Wildman–Crippen MR) is 90.1 cm³/mol. The van der Waals surface area contributed by atoms with E-state index >= 15 is 0 Å². The lowest BCUT2D eigenvalue weighted by atomic mass is 9.81. The zero-order chi connectivity index (χ0) is 14.9. The van der Waals surface area contributed by atoms with Crippen LogP contribution in [0.3, 0.4) is 0 Å². The van der Waals surface area contributed by atoms with Gasteiger partial charge in [0.25, 0.3) is 0 Å². The second kappa shape index (κ2) is 9.09. The van der Waals surface area contributed by atoms with Crippen molar-refractivity contribution in [3.8, 4) is 5.75 Å². The quantitative estimate of drug-likeness (QED) is 0.731. The number of hydrogen-bond donors (Lipinski definition) is 1. The van der Waals surface area contributed by atoms with Crippen molar-refractivity contribution < 1.29 is 4.74 Å². The van der Waals surface area contributed by atoms with Crippen LogP contribution in [0.4, 0.5) is 0 Å². The molecule has 0 aliphatic heterocycles. The highest BCUT2D eigenvalue weighted by Crippen LogP contribution is 2.35. The molecule has 1 fully saturated rings. The Bertz CT molecular complexity index is 379. The molecule has 0 amide bonds. The molecular formula is C19H31NO. The van der Waals surface area contributed by atoms with Crippen molar-refractivity contribution in [2.45, 2.75) is 58.3 Å². The maximum absolute atomic E-state index is 5.57. The van der Waals surface area contributed by atoms with Gasteiger partial charge in [-0.15, -0.1) is 0 Å². The predicted octanol–water partition coefficient (Wildman–Crippen LogP) is 4.75. The highest BCUT2D eigenvalue weighted by molar-refractivity contribution is 5.30. The van der Waals surface area contributed by atoms with Crippen LogP contribution in [0, 0.1) is 5.92 Å². The van der Waals surface area contributed by atoms with Crippen molar-refractivity contribution in [3.63, 3.8) is 0 Å². The van der Waals surface area contributed by atoms with Gasteiger partial charge in [-0.25, -0.2) is 0 Å². The van der Waals surface area contributed by atoms with Crippen molar-refractivity contribution in [2.24, 2.45) is 5.92 Å². The molecule has 1 aliphatic rings. The second-order valence-corrected chi connectivity index (χ2v) is 6.17. The Balaban J connectivity index is 2.09. The van der Waals surface area contributed by atoms with Crippen molar-refractivity contribution in [1.29, 1.82) is 0 Å². The SMILES string of the molecule is CCNCC(c1ccc(OCC)cc1)C1CCCCCC1. The summed E-state index contributed by atoms with van der Waals surface area (Å²) in [5.41, 5.74) is 1.48. The number of hydrogen-bond acceptors (Lipinski definition) is 2. The van der Waals surface area contributed by atoms with Crippen molar-refractivity contribution in [3.05, 3.63) is 29.8 Å². The molecule has 1 aromatic rings. The van der Waals surface area contributed by atoms with E-state index in [-0.39, 0.29) is 0 Å². The van der Waals surface area contributed by atoms with Crippen molar-refractivity contribution >= 4 is 0 Å². The van der Waals surface area contributed by atoms with Crippen LogP contribution in [0.5, 0.6) is 5.75 Å². The van der Waals surface area contributed by atoms with E-state index in [0.29, 0.717) is 5.92 Å². The van der Waals surface area contributed by atoms with Gasteiger partial charge >= 0.3 is 0 Å². The Morgan fingerprint density at radius 1 is 1.05 bits per heavy atom. The van der Waals surface area contributed by atoms with Gasteiger partial charge in [0.1, 0.15) is 5.75 Å². The molecule has 1 unspecified atom stereocenters. The molecule has 2 heteroatoms. The van der Waals surface area contributed by atoms with E-state index in [1.807, 2.05) is 6.92 Å². The first-order valence-electron chi connectivity index (χ1n) is 8.78. The van der Waals surface area contributed by atoms with E-state index in [2.05, 4.69) is 36.5 Å². The van der Waals surface area contributed by atoms with Gasteiger partial charge in [-0.2, -0.15) is 0 Å². The molecule has 0 bridgehead atoms. The number of benzene rings is 1. The lowest BCUT2D eigenvalue weighted by molar-refractivity contribution is 0.339. The lowest BCUT2D eigenvalue weighted by Crippen LogP contribution is -2.26. The number of likely N-dealkylation sites (N-methyl/N-ethyl adjacent to an activating group) is 1. The smallest absolute Gasteiger partial charge is 0.119 e. The summed E-state index contributed by atoms with van der Waals surface area (Å²) < 4.78 is 5.57. The van der Waals surface area contributed by atoms with E-state index in [1.165, 1.54) is 44.1 Å². The maximum atomic E-state index is 5.57. The minimum atomic E-state index is 0.652. The molecule has 1 aliphatic carbocycles. The van der Waals surface area contributed by atoms with Crippen LogP contribution in [-0.2, 0) is 0 Å². The first-order valence-corrected chi connectivity index (χ1v) is 8.78. The van der Waals surface area contributed by atoms with Gasteiger partial charge in [0.05, 0.1) is 6.61 Å². The zero-order valence-electron chi connectivity index (χ0n) is 13.7. The molecule has 0 aromatic heterocycles. The summed E-state index contributed by atoms with van der Waals surface area (Å²) >= 11 is 0. The third-order valence-electron chi connectivity index (χ3n) is 4.70. The number of nitrogens with one attached hydrogen (secondary N) is 1. The fraction of sp³-hybridized carbons (Fsp3) is 0.684. The van der Waals surface area contributed by atoms with E-state index in [9.17, 15) is 0 Å².